The molecule has 0 saturated heterocycles. The average molecular weight is 392 g/mol. The van der Waals surface area contributed by atoms with Crippen molar-refractivity contribution >= 4 is 38.4 Å². The molecule has 4 heteroatoms. The second-order valence-corrected chi connectivity index (χ2v) is 7.38. The van der Waals surface area contributed by atoms with Crippen molar-refractivity contribution < 1.29 is 0 Å². The van der Waals surface area contributed by atoms with Gasteiger partial charge in [0, 0.05) is 39.7 Å². The molecule has 0 aliphatic rings. The number of aromatic nitrogens is 1. The van der Waals surface area contributed by atoms with Gasteiger partial charge in [-0.1, -0.05) is 45.7 Å². The summed E-state index contributed by atoms with van der Waals surface area (Å²) in [6.45, 7) is 1.88. The average Bonchev–Trinajstić information content (AvgIpc) is 2.84. The van der Waals surface area contributed by atoms with Crippen molar-refractivity contribution in [2.24, 2.45) is 0 Å². The van der Waals surface area contributed by atoms with Gasteiger partial charge in [0.2, 0.25) is 0 Å². The molecule has 120 valence electrons. The highest BCUT2D eigenvalue weighted by Gasteiger charge is 2.11. The molecule has 23 heavy (non-hydrogen) atoms. The van der Waals surface area contributed by atoms with Crippen LogP contribution in [0.4, 0.5) is 0 Å². The molecule has 2 aromatic carbocycles. The topological polar surface area (TPSA) is 8.17 Å². The van der Waals surface area contributed by atoms with Crippen LogP contribution in [0.15, 0.2) is 53.1 Å². The van der Waals surface area contributed by atoms with Crippen LogP contribution < -0.4 is 0 Å². The van der Waals surface area contributed by atoms with Crippen molar-refractivity contribution in [1.29, 1.82) is 0 Å². The highest BCUT2D eigenvalue weighted by molar-refractivity contribution is 9.10. The Balaban J connectivity index is 2.01. The summed E-state index contributed by atoms with van der Waals surface area (Å²) in [5.74, 6) is 0. The third-order valence-corrected chi connectivity index (χ3v) is 5.06. The molecule has 0 fully saturated rings. The summed E-state index contributed by atoms with van der Waals surface area (Å²) in [4.78, 5) is 2.21. The minimum absolute atomic E-state index is 0.794. The van der Waals surface area contributed by atoms with Gasteiger partial charge in [-0.3, -0.25) is 0 Å². The number of nitrogens with zero attached hydrogens (tertiary/aromatic N) is 2. The van der Waals surface area contributed by atoms with Gasteiger partial charge in [-0.15, -0.1) is 0 Å². The summed E-state index contributed by atoms with van der Waals surface area (Å²) in [7, 11) is 4.21. The lowest BCUT2D eigenvalue weighted by Gasteiger charge is -2.08. The molecule has 0 radical (unpaired) electrons. The van der Waals surface area contributed by atoms with Crippen molar-refractivity contribution in [3.05, 3.63) is 69.3 Å². The molecule has 3 aromatic rings. The van der Waals surface area contributed by atoms with Crippen LogP contribution in [0.25, 0.3) is 10.9 Å². The molecule has 0 unspecified atom stereocenters. The maximum absolute atomic E-state index is 6.22. The lowest BCUT2D eigenvalue weighted by Crippen LogP contribution is -2.14. The van der Waals surface area contributed by atoms with Crippen LogP contribution in [-0.4, -0.2) is 30.1 Å². The number of fused-ring (bicyclic) bond motifs is 1. The van der Waals surface area contributed by atoms with Crippen molar-refractivity contribution in [2.75, 3.05) is 20.6 Å². The van der Waals surface area contributed by atoms with Gasteiger partial charge in [-0.05, 0) is 55.9 Å². The van der Waals surface area contributed by atoms with Gasteiger partial charge >= 0.3 is 0 Å². The maximum Gasteiger partial charge on any atom is 0.0487 e. The summed E-state index contributed by atoms with van der Waals surface area (Å²) < 4.78 is 3.46. The quantitative estimate of drug-likeness (QED) is 0.579. The van der Waals surface area contributed by atoms with E-state index in [0.717, 1.165) is 29.0 Å². The predicted molar refractivity (Wildman–Crippen MR) is 102 cm³/mol. The molecule has 0 aliphatic carbocycles. The molecule has 0 saturated carbocycles. The molecular formula is C19H20BrClN2. The zero-order chi connectivity index (χ0) is 16.4. The lowest BCUT2D eigenvalue weighted by molar-refractivity contribution is 0.414. The van der Waals surface area contributed by atoms with E-state index >= 15 is 0 Å². The number of halogens is 2. The van der Waals surface area contributed by atoms with Crippen molar-refractivity contribution in [1.82, 2.24) is 9.47 Å². The second-order valence-electron chi connectivity index (χ2n) is 6.09. The first kappa shape index (κ1) is 16.6. The van der Waals surface area contributed by atoms with E-state index in [0.29, 0.717) is 0 Å². The maximum atomic E-state index is 6.22. The molecule has 0 atom stereocenters. The Morgan fingerprint density at radius 2 is 1.87 bits per heavy atom. The minimum atomic E-state index is 0.794. The third-order valence-electron chi connectivity index (χ3n) is 4.05. The van der Waals surface area contributed by atoms with Crippen LogP contribution in [0.1, 0.15) is 11.1 Å². The van der Waals surface area contributed by atoms with Gasteiger partial charge in [-0.25, -0.2) is 0 Å². The van der Waals surface area contributed by atoms with E-state index < -0.39 is 0 Å². The van der Waals surface area contributed by atoms with Gasteiger partial charge in [0.1, 0.15) is 0 Å². The van der Waals surface area contributed by atoms with Gasteiger partial charge in [0.15, 0.2) is 0 Å². The van der Waals surface area contributed by atoms with E-state index in [4.69, 9.17) is 11.6 Å². The van der Waals surface area contributed by atoms with Gasteiger partial charge in [0.05, 0.1) is 0 Å². The molecule has 1 aromatic heterocycles. The molecule has 1 heterocycles. The highest BCUT2D eigenvalue weighted by atomic mass is 79.9. The molecule has 0 amide bonds. The Morgan fingerprint density at radius 1 is 1.09 bits per heavy atom. The minimum Gasteiger partial charge on any atom is -0.343 e. The molecule has 0 aliphatic heterocycles. The molecule has 3 rings (SSSR count). The van der Waals surface area contributed by atoms with Gasteiger partial charge in [0.25, 0.3) is 0 Å². The lowest BCUT2D eigenvalue weighted by atomic mass is 10.1. The third kappa shape index (κ3) is 3.79. The molecule has 0 N–H and O–H groups in total. The summed E-state index contributed by atoms with van der Waals surface area (Å²) in [6, 6.07) is 14.5. The Labute approximate surface area is 150 Å². The van der Waals surface area contributed by atoms with Crippen LogP contribution in [0.3, 0.4) is 0 Å². The standard InChI is InChI=1S/C19H20BrClN2/c1-22(2)10-9-14-12-23(13-15-5-3-4-6-18(15)20)19-8-7-16(21)11-17(14)19/h3-8,11-12H,9-10,13H2,1-2H3. The van der Waals surface area contributed by atoms with Crippen LogP contribution in [0.5, 0.6) is 0 Å². The first-order valence-electron chi connectivity index (χ1n) is 7.70. The van der Waals surface area contributed by atoms with Crippen LogP contribution in [0, 0.1) is 0 Å². The largest absolute Gasteiger partial charge is 0.343 e. The Bertz CT molecular complexity index is 823. The van der Waals surface area contributed by atoms with E-state index in [1.165, 1.54) is 22.0 Å². The first-order chi connectivity index (χ1) is 11.0. The number of rotatable bonds is 5. The fourth-order valence-electron chi connectivity index (χ4n) is 2.83. The Morgan fingerprint density at radius 3 is 2.61 bits per heavy atom. The van der Waals surface area contributed by atoms with Crippen molar-refractivity contribution in [2.45, 2.75) is 13.0 Å². The monoisotopic (exact) mass is 390 g/mol. The van der Waals surface area contributed by atoms with Crippen LogP contribution in [0.2, 0.25) is 5.02 Å². The van der Waals surface area contributed by atoms with E-state index in [1.54, 1.807) is 0 Å². The summed E-state index contributed by atoms with van der Waals surface area (Å²) >= 11 is 9.87. The molecule has 2 nitrogen and oxygen atoms in total. The van der Waals surface area contributed by atoms with Crippen molar-refractivity contribution in [3.63, 3.8) is 0 Å². The fourth-order valence-corrected chi connectivity index (χ4v) is 3.41. The molecule has 0 spiro atoms. The molecular weight excluding hydrogens is 372 g/mol. The number of likely N-dealkylation sites (N-methyl/N-ethyl adjacent to an activating group) is 1. The summed E-state index contributed by atoms with van der Waals surface area (Å²) in [5.41, 5.74) is 3.86. The predicted octanol–water partition coefficient (Wildman–Crippen LogP) is 5.21. The molecule has 0 bridgehead atoms. The van der Waals surface area contributed by atoms with Gasteiger partial charge < -0.3 is 9.47 Å². The normalized spacial score (nSPS) is 11.5. The fraction of sp³-hybridized carbons (Fsp3) is 0.263. The SMILES string of the molecule is CN(C)CCc1cn(Cc2ccccc2Br)c2ccc(Cl)cc12. The zero-order valence-corrected chi connectivity index (χ0v) is 15.7. The smallest absolute Gasteiger partial charge is 0.0487 e. The second kappa shape index (κ2) is 7.08. The number of hydrogen-bond acceptors (Lipinski definition) is 1. The van der Waals surface area contributed by atoms with Gasteiger partial charge in [-0.2, -0.15) is 0 Å². The van der Waals surface area contributed by atoms with E-state index in [-0.39, 0.29) is 0 Å². The summed E-state index contributed by atoms with van der Waals surface area (Å²) in [6.07, 6.45) is 3.29. The Kier molecular flexibility index (Phi) is 5.10. The summed E-state index contributed by atoms with van der Waals surface area (Å²) in [5, 5.41) is 2.05. The van der Waals surface area contributed by atoms with Crippen LogP contribution in [-0.2, 0) is 13.0 Å². The highest BCUT2D eigenvalue weighted by Crippen LogP contribution is 2.27. The first-order valence-corrected chi connectivity index (χ1v) is 8.87. The van der Waals surface area contributed by atoms with Crippen LogP contribution >= 0.6 is 27.5 Å². The number of benzene rings is 2. The van der Waals surface area contributed by atoms with Crippen molar-refractivity contribution in [3.8, 4) is 0 Å². The number of hydrogen-bond donors (Lipinski definition) is 0. The Hall–Kier alpha value is -1.29. The van der Waals surface area contributed by atoms with E-state index in [1.807, 2.05) is 12.1 Å². The van der Waals surface area contributed by atoms with E-state index in [9.17, 15) is 0 Å². The van der Waals surface area contributed by atoms with E-state index in [2.05, 4.69) is 76.0 Å². The zero-order valence-electron chi connectivity index (χ0n) is 13.4.